The van der Waals surface area contributed by atoms with Crippen LogP contribution in [-0.4, -0.2) is 47.4 Å². The molecule has 6 heteroatoms. The number of nitrogens with one attached hydrogen (secondary N) is 1. The molecule has 1 N–H and O–H groups in total. The first-order chi connectivity index (χ1) is 12.2. The largest absolute Gasteiger partial charge is 0.467 e. The molecule has 0 radical (unpaired) electrons. The number of benzene rings is 1. The van der Waals surface area contributed by atoms with Gasteiger partial charge in [0.15, 0.2) is 0 Å². The van der Waals surface area contributed by atoms with Crippen LogP contribution in [0.15, 0.2) is 53.1 Å². The summed E-state index contributed by atoms with van der Waals surface area (Å²) in [6.45, 7) is 1.32. The zero-order valence-corrected chi connectivity index (χ0v) is 13.9. The van der Waals surface area contributed by atoms with E-state index in [1.807, 2.05) is 41.3 Å². The van der Waals surface area contributed by atoms with Crippen LogP contribution < -0.4 is 5.32 Å². The molecular weight excluding hydrogens is 318 g/mol. The lowest BCUT2D eigenvalue weighted by Crippen LogP contribution is -2.55. The van der Waals surface area contributed by atoms with Crippen LogP contribution >= 0.6 is 0 Å². The Kier molecular flexibility index (Phi) is 4.17. The number of hydrogen-bond donors (Lipinski definition) is 1. The molecule has 2 aromatic rings. The number of nitrogens with zero attached hydrogens (tertiary/aromatic N) is 2. The van der Waals surface area contributed by atoms with Crippen LogP contribution in [0.4, 0.5) is 4.79 Å². The molecule has 0 unspecified atom stereocenters. The SMILES string of the molecule is O=C(N[C@@H](c1ccccc1)c1ccco1)N1CCN(C2CC2)C(=O)C1. The van der Waals surface area contributed by atoms with E-state index in [2.05, 4.69) is 5.32 Å². The van der Waals surface area contributed by atoms with Crippen molar-refractivity contribution in [3.8, 4) is 0 Å². The van der Waals surface area contributed by atoms with E-state index in [1.165, 1.54) is 0 Å². The topological polar surface area (TPSA) is 65.8 Å². The quantitative estimate of drug-likeness (QED) is 0.930. The van der Waals surface area contributed by atoms with Gasteiger partial charge in [0.05, 0.1) is 6.26 Å². The van der Waals surface area contributed by atoms with Gasteiger partial charge in [-0.2, -0.15) is 0 Å². The van der Waals surface area contributed by atoms with Crippen molar-refractivity contribution >= 4 is 11.9 Å². The lowest BCUT2D eigenvalue weighted by Gasteiger charge is -2.35. The van der Waals surface area contributed by atoms with E-state index >= 15 is 0 Å². The third kappa shape index (κ3) is 3.38. The Morgan fingerprint density at radius 3 is 2.56 bits per heavy atom. The van der Waals surface area contributed by atoms with E-state index in [-0.39, 0.29) is 24.5 Å². The van der Waals surface area contributed by atoms with Gasteiger partial charge in [-0.15, -0.1) is 0 Å². The fraction of sp³-hybridized carbons (Fsp3) is 0.368. The summed E-state index contributed by atoms with van der Waals surface area (Å²) in [6.07, 6.45) is 3.77. The fourth-order valence-corrected chi connectivity index (χ4v) is 3.27. The highest BCUT2D eigenvalue weighted by Crippen LogP contribution is 2.28. The zero-order valence-electron chi connectivity index (χ0n) is 13.9. The second-order valence-electron chi connectivity index (χ2n) is 6.55. The van der Waals surface area contributed by atoms with Gasteiger partial charge in [-0.05, 0) is 30.5 Å². The first kappa shape index (κ1) is 15.7. The average Bonchev–Trinajstić information content (AvgIpc) is 3.34. The van der Waals surface area contributed by atoms with Crippen molar-refractivity contribution in [2.45, 2.75) is 24.9 Å². The van der Waals surface area contributed by atoms with Crippen LogP contribution in [-0.2, 0) is 4.79 Å². The molecule has 1 aliphatic carbocycles. The molecule has 130 valence electrons. The van der Waals surface area contributed by atoms with Crippen molar-refractivity contribution in [3.63, 3.8) is 0 Å². The molecule has 1 saturated heterocycles. The van der Waals surface area contributed by atoms with Crippen molar-refractivity contribution in [3.05, 3.63) is 60.1 Å². The number of amides is 3. The molecule has 4 rings (SSSR count). The molecule has 2 fully saturated rings. The van der Waals surface area contributed by atoms with Gasteiger partial charge in [0, 0.05) is 19.1 Å². The lowest BCUT2D eigenvalue weighted by atomic mass is 10.0. The molecule has 2 aliphatic rings. The van der Waals surface area contributed by atoms with Crippen LogP contribution in [0.25, 0.3) is 0 Å². The Labute approximate surface area is 146 Å². The zero-order chi connectivity index (χ0) is 17.2. The number of piperazine rings is 1. The van der Waals surface area contributed by atoms with Gasteiger partial charge < -0.3 is 19.5 Å². The third-order valence-electron chi connectivity index (χ3n) is 4.76. The Balaban J connectivity index is 1.47. The maximum absolute atomic E-state index is 12.7. The molecule has 1 aromatic carbocycles. The Morgan fingerprint density at radius 2 is 1.92 bits per heavy atom. The minimum Gasteiger partial charge on any atom is -0.467 e. The normalized spacial score (nSPS) is 19.0. The van der Waals surface area contributed by atoms with Crippen LogP contribution in [0.5, 0.6) is 0 Å². The predicted octanol–water partition coefficient (Wildman–Crippen LogP) is 2.39. The van der Waals surface area contributed by atoms with Gasteiger partial charge in [0.1, 0.15) is 18.3 Å². The summed E-state index contributed by atoms with van der Waals surface area (Å²) in [5, 5.41) is 3.01. The molecule has 1 atom stereocenters. The van der Waals surface area contributed by atoms with Gasteiger partial charge in [-0.25, -0.2) is 4.79 Å². The minimum atomic E-state index is -0.375. The van der Waals surface area contributed by atoms with Gasteiger partial charge in [-0.1, -0.05) is 30.3 Å². The summed E-state index contributed by atoms with van der Waals surface area (Å²) in [6, 6.07) is 13.1. The van der Waals surface area contributed by atoms with Crippen molar-refractivity contribution in [1.82, 2.24) is 15.1 Å². The second kappa shape index (κ2) is 6.63. The van der Waals surface area contributed by atoms with Gasteiger partial charge in [-0.3, -0.25) is 4.79 Å². The summed E-state index contributed by atoms with van der Waals surface area (Å²) >= 11 is 0. The van der Waals surface area contributed by atoms with E-state index in [0.717, 1.165) is 18.4 Å². The van der Waals surface area contributed by atoms with E-state index in [9.17, 15) is 9.59 Å². The summed E-state index contributed by atoms with van der Waals surface area (Å²) in [5.41, 5.74) is 0.939. The van der Waals surface area contributed by atoms with E-state index < -0.39 is 0 Å². The Bertz CT molecular complexity index is 741. The molecule has 1 aliphatic heterocycles. The van der Waals surface area contributed by atoms with Crippen molar-refractivity contribution in [2.24, 2.45) is 0 Å². The first-order valence-corrected chi connectivity index (χ1v) is 8.65. The number of carbonyl (C=O) groups is 2. The van der Waals surface area contributed by atoms with Crippen LogP contribution in [0.3, 0.4) is 0 Å². The Morgan fingerprint density at radius 1 is 1.12 bits per heavy atom. The third-order valence-corrected chi connectivity index (χ3v) is 4.76. The molecule has 0 spiro atoms. The fourth-order valence-electron chi connectivity index (χ4n) is 3.27. The monoisotopic (exact) mass is 339 g/mol. The average molecular weight is 339 g/mol. The molecule has 1 saturated carbocycles. The molecule has 0 bridgehead atoms. The number of carbonyl (C=O) groups excluding carboxylic acids is 2. The van der Waals surface area contributed by atoms with Crippen molar-refractivity contribution in [2.75, 3.05) is 19.6 Å². The van der Waals surface area contributed by atoms with Gasteiger partial charge in [0.2, 0.25) is 5.91 Å². The van der Waals surface area contributed by atoms with Crippen LogP contribution in [0.1, 0.15) is 30.2 Å². The van der Waals surface area contributed by atoms with Crippen molar-refractivity contribution in [1.29, 1.82) is 0 Å². The van der Waals surface area contributed by atoms with Gasteiger partial charge in [0.25, 0.3) is 0 Å². The maximum Gasteiger partial charge on any atom is 0.318 e. The van der Waals surface area contributed by atoms with E-state index in [4.69, 9.17) is 4.42 Å². The van der Waals surface area contributed by atoms with E-state index in [0.29, 0.717) is 24.9 Å². The van der Waals surface area contributed by atoms with Gasteiger partial charge >= 0.3 is 6.03 Å². The minimum absolute atomic E-state index is 0.0400. The molecule has 1 aromatic heterocycles. The lowest BCUT2D eigenvalue weighted by molar-refractivity contribution is -0.135. The molecule has 3 amide bonds. The smallest absolute Gasteiger partial charge is 0.318 e. The highest BCUT2D eigenvalue weighted by atomic mass is 16.3. The highest BCUT2D eigenvalue weighted by molar-refractivity contribution is 5.86. The summed E-state index contributed by atoms with van der Waals surface area (Å²) < 4.78 is 5.51. The van der Waals surface area contributed by atoms with E-state index in [1.54, 1.807) is 17.2 Å². The summed E-state index contributed by atoms with van der Waals surface area (Å²) in [4.78, 5) is 28.5. The molecule has 6 nitrogen and oxygen atoms in total. The number of urea groups is 1. The summed E-state index contributed by atoms with van der Waals surface area (Å²) in [5.74, 6) is 0.709. The number of rotatable bonds is 4. The second-order valence-corrected chi connectivity index (χ2v) is 6.55. The summed E-state index contributed by atoms with van der Waals surface area (Å²) in [7, 11) is 0. The van der Waals surface area contributed by atoms with Crippen LogP contribution in [0.2, 0.25) is 0 Å². The number of hydrogen-bond acceptors (Lipinski definition) is 3. The molecule has 2 heterocycles. The molecular formula is C19H21N3O3. The highest BCUT2D eigenvalue weighted by Gasteiger charge is 2.37. The standard InChI is InChI=1S/C19H21N3O3/c23-17-13-21(10-11-22(17)15-8-9-15)19(24)20-18(16-7-4-12-25-16)14-5-2-1-3-6-14/h1-7,12,15,18H,8-11,13H2,(H,20,24)/t18-/m0/s1. The van der Waals surface area contributed by atoms with Crippen molar-refractivity contribution < 1.29 is 14.0 Å². The number of furan rings is 1. The Hall–Kier alpha value is -2.76. The molecule has 25 heavy (non-hydrogen) atoms. The maximum atomic E-state index is 12.7. The predicted molar refractivity (Wildman–Crippen MR) is 91.8 cm³/mol. The first-order valence-electron chi connectivity index (χ1n) is 8.65. The van der Waals surface area contributed by atoms with Crippen LogP contribution in [0, 0.1) is 0 Å².